The maximum Gasteiger partial charge on any atom is 0.317 e. The van der Waals surface area contributed by atoms with E-state index in [1.165, 1.54) is 12.8 Å². The lowest BCUT2D eigenvalue weighted by Crippen LogP contribution is -2.46. The molecule has 104 valence electrons. The van der Waals surface area contributed by atoms with Crippen LogP contribution in [0, 0.1) is 0 Å². The second-order valence-electron chi connectivity index (χ2n) is 5.93. The molecular weight excluding hydrogens is 226 g/mol. The highest BCUT2D eigenvalue weighted by atomic mass is 16.2. The zero-order valence-electron chi connectivity index (χ0n) is 11.8. The van der Waals surface area contributed by atoms with Crippen LogP contribution < -0.4 is 5.32 Å². The molecule has 18 heavy (non-hydrogen) atoms. The van der Waals surface area contributed by atoms with Crippen LogP contribution in [0.25, 0.3) is 0 Å². The van der Waals surface area contributed by atoms with Crippen molar-refractivity contribution in [1.29, 1.82) is 0 Å². The summed E-state index contributed by atoms with van der Waals surface area (Å²) in [7, 11) is 0. The van der Waals surface area contributed by atoms with Gasteiger partial charge in [0, 0.05) is 38.3 Å². The number of urea groups is 1. The molecule has 0 aliphatic carbocycles. The summed E-state index contributed by atoms with van der Waals surface area (Å²) in [6.07, 6.45) is 5.97. The molecule has 1 unspecified atom stereocenters. The Kier molecular flexibility index (Phi) is 4.87. The molecule has 0 aromatic heterocycles. The third-order valence-electron chi connectivity index (χ3n) is 4.17. The van der Waals surface area contributed by atoms with Gasteiger partial charge in [0.05, 0.1) is 0 Å². The van der Waals surface area contributed by atoms with E-state index in [9.17, 15) is 4.79 Å². The third kappa shape index (κ3) is 3.61. The largest absolute Gasteiger partial charge is 0.334 e. The molecule has 0 aromatic carbocycles. The summed E-state index contributed by atoms with van der Waals surface area (Å²) >= 11 is 0. The summed E-state index contributed by atoms with van der Waals surface area (Å²) in [6.45, 7) is 8.44. The van der Waals surface area contributed by atoms with E-state index < -0.39 is 0 Å². The Labute approximate surface area is 111 Å². The van der Waals surface area contributed by atoms with Gasteiger partial charge in [-0.3, -0.25) is 4.90 Å². The fourth-order valence-corrected chi connectivity index (χ4v) is 2.91. The van der Waals surface area contributed by atoms with E-state index in [-0.39, 0.29) is 6.03 Å². The molecule has 2 amide bonds. The van der Waals surface area contributed by atoms with Crippen molar-refractivity contribution in [1.82, 2.24) is 15.1 Å². The number of nitrogens with zero attached hydrogens (tertiary/aromatic N) is 2. The van der Waals surface area contributed by atoms with Crippen molar-refractivity contribution < 1.29 is 4.79 Å². The highest BCUT2D eigenvalue weighted by Gasteiger charge is 2.26. The minimum Gasteiger partial charge on any atom is -0.334 e. The summed E-state index contributed by atoms with van der Waals surface area (Å²) in [5.41, 5.74) is 0. The minimum atomic E-state index is 0.160. The highest BCUT2D eigenvalue weighted by Crippen LogP contribution is 2.14. The maximum absolute atomic E-state index is 12.2. The molecule has 2 fully saturated rings. The van der Waals surface area contributed by atoms with Crippen molar-refractivity contribution in [2.45, 2.75) is 58.0 Å². The lowest BCUT2D eigenvalue weighted by molar-refractivity contribution is 0.194. The van der Waals surface area contributed by atoms with Gasteiger partial charge < -0.3 is 10.2 Å². The van der Waals surface area contributed by atoms with Crippen molar-refractivity contribution in [2.24, 2.45) is 0 Å². The number of rotatable bonds is 2. The van der Waals surface area contributed by atoms with Gasteiger partial charge in [-0.25, -0.2) is 4.79 Å². The van der Waals surface area contributed by atoms with E-state index in [1.807, 2.05) is 4.90 Å². The van der Waals surface area contributed by atoms with Crippen LogP contribution in [-0.2, 0) is 0 Å². The summed E-state index contributed by atoms with van der Waals surface area (Å²) in [5.74, 6) is 0. The Morgan fingerprint density at radius 3 is 2.33 bits per heavy atom. The zero-order valence-corrected chi connectivity index (χ0v) is 11.8. The molecule has 0 aromatic rings. The molecule has 0 spiro atoms. The Bertz CT molecular complexity index is 272. The SMILES string of the molecule is CC(C)N1CCC(NC(=O)N2CCCCCC2)C1. The lowest BCUT2D eigenvalue weighted by Gasteiger charge is -2.24. The molecule has 2 heterocycles. The average Bonchev–Trinajstić information content (AvgIpc) is 2.64. The van der Waals surface area contributed by atoms with Gasteiger partial charge >= 0.3 is 6.03 Å². The predicted molar refractivity (Wildman–Crippen MR) is 73.7 cm³/mol. The summed E-state index contributed by atoms with van der Waals surface area (Å²) in [4.78, 5) is 16.6. The van der Waals surface area contributed by atoms with Gasteiger partial charge in [0.25, 0.3) is 0 Å². The second-order valence-corrected chi connectivity index (χ2v) is 5.93. The topological polar surface area (TPSA) is 35.6 Å². The molecule has 2 aliphatic rings. The average molecular weight is 253 g/mol. The van der Waals surface area contributed by atoms with Gasteiger partial charge in [0.2, 0.25) is 0 Å². The number of carbonyl (C=O) groups is 1. The standard InChI is InChI=1S/C14H27N3O/c1-12(2)17-10-7-13(11-17)15-14(18)16-8-5-3-4-6-9-16/h12-13H,3-11H2,1-2H3,(H,15,18). The van der Waals surface area contributed by atoms with E-state index in [0.29, 0.717) is 12.1 Å². The monoisotopic (exact) mass is 253 g/mol. The molecule has 2 rings (SSSR count). The quantitative estimate of drug-likeness (QED) is 0.817. The van der Waals surface area contributed by atoms with Gasteiger partial charge in [0.15, 0.2) is 0 Å². The van der Waals surface area contributed by atoms with Crippen LogP contribution in [0.15, 0.2) is 0 Å². The van der Waals surface area contributed by atoms with Crippen LogP contribution in [-0.4, -0.2) is 54.1 Å². The first-order valence-electron chi connectivity index (χ1n) is 7.46. The molecule has 0 saturated carbocycles. The van der Waals surface area contributed by atoms with Gasteiger partial charge in [-0.15, -0.1) is 0 Å². The molecule has 4 heteroatoms. The molecule has 4 nitrogen and oxygen atoms in total. The third-order valence-corrected chi connectivity index (χ3v) is 4.17. The minimum absolute atomic E-state index is 0.160. The number of nitrogens with one attached hydrogen (secondary N) is 1. The van der Waals surface area contributed by atoms with Gasteiger partial charge in [-0.2, -0.15) is 0 Å². The second kappa shape index (κ2) is 6.41. The van der Waals surface area contributed by atoms with Crippen molar-refractivity contribution >= 4 is 6.03 Å². The lowest BCUT2D eigenvalue weighted by atomic mass is 10.2. The number of amides is 2. The van der Waals surface area contributed by atoms with E-state index in [4.69, 9.17) is 0 Å². The Morgan fingerprint density at radius 2 is 1.78 bits per heavy atom. The normalized spacial score (nSPS) is 26.4. The predicted octanol–water partition coefficient (Wildman–Crippen LogP) is 2.05. The Morgan fingerprint density at radius 1 is 1.11 bits per heavy atom. The molecule has 1 atom stereocenters. The summed E-state index contributed by atoms with van der Waals surface area (Å²) in [5, 5.41) is 3.21. The number of hydrogen-bond donors (Lipinski definition) is 1. The van der Waals surface area contributed by atoms with Crippen LogP contribution in [0.5, 0.6) is 0 Å². The Balaban J connectivity index is 1.77. The first-order valence-corrected chi connectivity index (χ1v) is 7.46. The first kappa shape index (κ1) is 13.7. The summed E-state index contributed by atoms with van der Waals surface area (Å²) < 4.78 is 0. The summed E-state index contributed by atoms with van der Waals surface area (Å²) in [6, 6.07) is 1.10. The zero-order chi connectivity index (χ0) is 13.0. The van der Waals surface area contributed by atoms with Gasteiger partial charge in [-0.1, -0.05) is 12.8 Å². The van der Waals surface area contributed by atoms with E-state index in [2.05, 4.69) is 24.1 Å². The van der Waals surface area contributed by atoms with E-state index >= 15 is 0 Å². The molecule has 2 aliphatic heterocycles. The van der Waals surface area contributed by atoms with Crippen LogP contribution in [0.2, 0.25) is 0 Å². The van der Waals surface area contributed by atoms with Gasteiger partial charge in [0.1, 0.15) is 0 Å². The van der Waals surface area contributed by atoms with E-state index in [0.717, 1.165) is 45.4 Å². The van der Waals surface area contributed by atoms with Crippen molar-refractivity contribution in [3.63, 3.8) is 0 Å². The fourth-order valence-electron chi connectivity index (χ4n) is 2.91. The molecule has 1 N–H and O–H groups in total. The number of carbonyl (C=O) groups excluding carboxylic acids is 1. The van der Waals surface area contributed by atoms with E-state index in [1.54, 1.807) is 0 Å². The van der Waals surface area contributed by atoms with Crippen molar-refractivity contribution in [3.8, 4) is 0 Å². The fraction of sp³-hybridized carbons (Fsp3) is 0.929. The first-order chi connectivity index (χ1) is 8.66. The molecular formula is C14H27N3O. The van der Waals surface area contributed by atoms with Gasteiger partial charge in [-0.05, 0) is 33.1 Å². The van der Waals surface area contributed by atoms with Crippen molar-refractivity contribution in [3.05, 3.63) is 0 Å². The number of likely N-dealkylation sites (tertiary alicyclic amines) is 2. The number of hydrogen-bond acceptors (Lipinski definition) is 2. The van der Waals surface area contributed by atoms with Crippen LogP contribution in [0.4, 0.5) is 4.79 Å². The Hall–Kier alpha value is -0.770. The molecule has 0 bridgehead atoms. The highest BCUT2D eigenvalue weighted by molar-refractivity contribution is 5.74. The van der Waals surface area contributed by atoms with Crippen LogP contribution in [0.1, 0.15) is 46.0 Å². The maximum atomic E-state index is 12.2. The van der Waals surface area contributed by atoms with Crippen molar-refractivity contribution in [2.75, 3.05) is 26.2 Å². The van der Waals surface area contributed by atoms with Crippen LogP contribution in [0.3, 0.4) is 0 Å². The van der Waals surface area contributed by atoms with Crippen LogP contribution >= 0.6 is 0 Å². The smallest absolute Gasteiger partial charge is 0.317 e. The molecule has 2 saturated heterocycles. The molecule has 0 radical (unpaired) electrons.